The lowest BCUT2D eigenvalue weighted by atomic mass is 9.77. The van der Waals surface area contributed by atoms with E-state index in [4.69, 9.17) is 4.98 Å². The van der Waals surface area contributed by atoms with Crippen LogP contribution in [-0.2, 0) is 12.1 Å². The second-order valence-corrected chi connectivity index (χ2v) is 12.2. The third-order valence-electron chi connectivity index (χ3n) is 9.33. The molecular weight excluding hydrogens is 594 g/mol. The fourth-order valence-corrected chi connectivity index (χ4v) is 7.05. The zero-order chi connectivity index (χ0) is 32.5. The van der Waals surface area contributed by atoms with Crippen molar-refractivity contribution in [3.63, 3.8) is 0 Å². The van der Waals surface area contributed by atoms with Crippen LogP contribution in [0.1, 0.15) is 45.4 Å². The van der Waals surface area contributed by atoms with Gasteiger partial charge in [-0.25, -0.2) is 4.98 Å². The lowest BCUT2D eigenvalue weighted by Crippen LogP contribution is -2.36. The Morgan fingerprint density at radius 1 is 0.771 bits per heavy atom. The molecule has 1 atom stereocenters. The Balaban J connectivity index is 1.14. The molecule has 48 heavy (non-hydrogen) atoms. The van der Waals surface area contributed by atoms with Crippen LogP contribution < -0.4 is 10.6 Å². The summed E-state index contributed by atoms with van der Waals surface area (Å²) in [4.78, 5) is 17.5. The Hall–Kier alpha value is -5.92. The average molecular weight is 630 g/mol. The molecule has 3 N–H and O–H groups in total. The van der Waals surface area contributed by atoms with Crippen LogP contribution in [0.3, 0.4) is 0 Å². The van der Waals surface area contributed by atoms with Gasteiger partial charge in [0.2, 0.25) is 0 Å². The minimum atomic E-state index is -0.949. The Morgan fingerprint density at radius 3 is 2.10 bits per heavy atom. The van der Waals surface area contributed by atoms with E-state index in [2.05, 4.69) is 94.2 Å². The van der Waals surface area contributed by atoms with Crippen molar-refractivity contribution in [3.8, 4) is 11.3 Å². The number of anilines is 1. The minimum Gasteiger partial charge on any atom is -0.369 e. The fraction of sp³-hybridized carbons (Fsp3) is 0.122. The smallest absolute Gasteiger partial charge is 0.267 e. The molecule has 236 valence electrons. The summed E-state index contributed by atoms with van der Waals surface area (Å²) in [5, 5.41) is 18.5. The predicted octanol–water partition coefficient (Wildman–Crippen LogP) is 7.58. The molecule has 0 aliphatic carbocycles. The van der Waals surface area contributed by atoms with E-state index in [9.17, 15) is 9.90 Å². The van der Waals surface area contributed by atoms with E-state index >= 15 is 0 Å². The summed E-state index contributed by atoms with van der Waals surface area (Å²) in [6.07, 6.45) is 3.92. The number of nitrogens with zero attached hydrogens (tertiary/aromatic N) is 3. The Morgan fingerprint density at radius 2 is 1.44 bits per heavy atom. The lowest BCUT2D eigenvalue weighted by Gasteiger charge is -2.37. The molecule has 0 saturated carbocycles. The van der Waals surface area contributed by atoms with E-state index in [0.717, 1.165) is 63.1 Å². The third-order valence-corrected chi connectivity index (χ3v) is 9.33. The largest absolute Gasteiger partial charge is 0.369 e. The van der Waals surface area contributed by atoms with Gasteiger partial charge in [-0.2, -0.15) is 0 Å². The molecule has 3 heterocycles. The maximum atomic E-state index is 12.6. The molecular formula is C41H35N5O2. The van der Waals surface area contributed by atoms with Crippen LogP contribution in [0.2, 0.25) is 0 Å². The highest BCUT2D eigenvalue weighted by molar-refractivity contribution is 5.99. The number of aliphatic hydroxyl groups is 1. The first kappa shape index (κ1) is 29.5. The summed E-state index contributed by atoms with van der Waals surface area (Å²) in [6.45, 7) is 1.41. The second-order valence-electron chi connectivity index (χ2n) is 12.2. The highest BCUT2D eigenvalue weighted by atomic mass is 16.3. The Bertz CT molecular complexity index is 2110. The molecule has 2 aromatic heterocycles. The van der Waals surface area contributed by atoms with Crippen LogP contribution in [-0.4, -0.2) is 31.7 Å². The molecule has 5 aromatic carbocycles. The monoisotopic (exact) mass is 629 g/mol. The van der Waals surface area contributed by atoms with Crippen molar-refractivity contribution in [2.45, 2.75) is 24.7 Å². The molecule has 7 heteroatoms. The molecule has 7 aromatic rings. The van der Waals surface area contributed by atoms with Crippen molar-refractivity contribution in [1.82, 2.24) is 19.4 Å². The molecule has 7 nitrogen and oxygen atoms in total. The van der Waals surface area contributed by atoms with E-state index in [1.54, 1.807) is 0 Å². The number of nitrogens with one attached hydrogen (secondary N) is 2. The van der Waals surface area contributed by atoms with Gasteiger partial charge >= 0.3 is 0 Å². The number of aliphatic hydroxyl groups excluding tert-OH is 1. The van der Waals surface area contributed by atoms with Crippen molar-refractivity contribution in [1.29, 1.82) is 0 Å². The number of aryl methyl sites for hydroxylation is 1. The molecule has 0 spiro atoms. The number of aromatic nitrogens is 3. The number of rotatable bonds is 8. The first-order chi connectivity index (χ1) is 23.6. The van der Waals surface area contributed by atoms with Gasteiger partial charge in [0, 0.05) is 47.0 Å². The summed E-state index contributed by atoms with van der Waals surface area (Å²) < 4.78 is 4.25. The summed E-state index contributed by atoms with van der Waals surface area (Å²) in [7, 11) is 0. The maximum Gasteiger partial charge on any atom is 0.267 e. The van der Waals surface area contributed by atoms with Crippen LogP contribution in [0.15, 0.2) is 152 Å². The highest BCUT2D eigenvalue weighted by Crippen LogP contribution is 2.41. The fourth-order valence-electron chi connectivity index (χ4n) is 7.05. The zero-order valence-corrected chi connectivity index (χ0v) is 26.3. The second kappa shape index (κ2) is 12.4. The van der Waals surface area contributed by atoms with Gasteiger partial charge in [-0.05, 0) is 47.4 Å². The normalized spacial score (nSPS) is 13.8. The van der Waals surface area contributed by atoms with Crippen molar-refractivity contribution in [3.05, 3.63) is 180 Å². The molecule has 0 fully saturated rings. The van der Waals surface area contributed by atoms with Crippen LogP contribution in [0.5, 0.6) is 0 Å². The van der Waals surface area contributed by atoms with Crippen LogP contribution in [0.4, 0.5) is 5.69 Å². The highest BCUT2D eigenvalue weighted by Gasteiger charge is 2.38. The lowest BCUT2D eigenvalue weighted by molar-refractivity contribution is 0.0951. The molecule has 1 aliphatic heterocycles. The van der Waals surface area contributed by atoms with E-state index in [0.29, 0.717) is 12.2 Å². The number of fused-ring (bicyclic) bond motifs is 3. The van der Waals surface area contributed by atoms with Crippen molar-refractivity contribution < 1.29 is 9.90 Å². The van der Waals surface area contributed by atoms with E-state index in [-0.39, 0.29) is 5.91 Å². The first-order valence-corrected chi connectivity index (χ1v) is 16.3. The van der Waals surface area contributed by atoms with Crippen molar-refractivity contribution >= 4 is 22.5 Å². The number of hydrogen-bond donors (Lipinski definition) is 3. The Labute approximate surface area is 279 Å². The number of carbonyl (C=O) groups is 1. The number of hydrogen-bond acceptors (Lipinski definition) is 4. The number of imidazole rings is 1. The van der Waals surface area contributed by atoms with Gasteiger partial charge < -0.3 is 24.9 Å². The van der Waals surface area contributed by atoms with Gasteiger partial charge in [0.25, 0.3) is 5.91 Å². The summed E-state index contributed by atoms with van der Waals surface area (Å²) in [5.41, 5.74) is 7.56. The maximum absolute atomic E-state index is 12.6. The van der Waals surface area contributed by atoms with Crippen LogP contribution in [0, 0.1) is 0 Å². The van der Waals surface area contributed by atoms with Crippen molar-refractivity contribution in [2.75, 3.05) is 11.9 Å². The van der Waals surface area contributed by atoms with E-state index < -0.39 is 11.8 Å². The molecule has 1 aliphatic rings. The molecule has 0 saturated heterocycles. The number of amides is 1. The number of carbonyl (C=O) groups excluding carboxylic acids is 1. The van der Waals surface area contributed by atoms with E-state index in [1.807, 2.05) is 77.6 Å². The topological polar surface area (TPSA) is 84.1 Å². The first-order valence-electron chi connectivity index (χ1n) is 16.3. The standard InChI is InChI=1S/C41H35N5O2/c47-39(31-21-20-30-25-38-40(48)42-22-11-23-46(38)37(30)26-31)44-35-19-10-12-29(24-35)36-27-45(28-43-36)41(32-13-4-1-5-14-32,33-15-6-2-7-16-33)34-17-8-3-9-18-34/h1-10,12-21,24-28,39,44,47H,11,22-23H2,(H,42,48). The summed E-state index contributed by atoms with van der Waals surface area (Å²) >= 11 is 0. The molecule has 0 radical (unpaired) electrons. The summed E-state index contributed by atoms with van der Waals surface area (Å²) in [5.74, 6) is -0.0586. The van der Waals surface area contributed by atoms with Gasteiger partial charge in [0.1, 0.15) is 11.2 Å². The van der Waals surface area contributed by atoms with Gasteiger partial charge in [-0.1, -0.05) is 115 Å². The van der Waals surface area contributed by atoms with Gasteiger partial charge in [0.15, 0.2) is 6.23 Å². The molecule has 0 bridgehead atoms. The third kappa shape index (κ3) is 5.14. The quantitative estimate of drug-likeness (QED) is 0.120. The van der Waals surface area contributed by atoms with Crippen molar-refractivity contribution in [2.24, 2.45) is 0 Å². The average Bonchev–Trinajstić information content (AvgIpc) is 3.73. The van der Waals surface area contributed by atoms with Gasteiger partial charge in [-0.15, -0.1) is 0 Å². The molecule has 1 unspecified atom stereocenters. The zero-order valence-electron chi connectivity index (χ0n) is 26.3. The number of benzene rings is 5. The van der Waals surface area contributed by atoms with Gasteiger partial charge in [0.05, 0.1) is 12.0 Å². The van der Waals surface area contributed by atoms with E-state index in [1.165, 1.54) is 0 Å². The molecule has 8 rings (SSSR count). The predicted molar refractivity (Wildman–Crippen MR) is 190 cm³/mol. The SMILES string of the molecule is O=C1NCCCn2c1cc1ccc(C(O)Nc3cccc(-c4cn(C(c5ccccc5)(c5ccccc5)c5ccccc5)cn4)c3)cc12. The van der Waals surface area contributed by atoms with Crippen LogP contribution >= 0.6 is 0 Å². The minimum absolute atomic E-state index is 0.0586. The van der Waals surface area contributed by atoms with Gasteiger partial charge in [-0.3, -0.25) is 4.79 Å². The van der Waals surface area contributed by atoms with Crippen LogP contribution in [0.25, 0.3) is 22.2 Å². The molecule has 1 amide bonds. The Kier molecular flexibility index (Phi) is 7.59. The summed E-state index contributed by atoms with van der Waals surface area (Å²) in [6, 6.07) is 47.3.